The Morgan fingerprint density at radius 1 is 1.07 bits per heavy atom. The number of rotatable bonds is 7. The number of nitrogens with one attached hydrogen (secondary N) is 2. The largest absolute Gasteiger partial charge is 0.326 e. The van der Waals surface area contributed by atoms with Crippen molar-refractivity contribution in [1.82, 2.24) is 4.98 Å². The number of hydrogen-bond donors (Lipinski definition) is 2. The number of anilines is 2. The Morgan fingerprint density at radius 3 is 2.44 bits per heavy atom. The summed E-state index contributed by atoms with van der Waals surface area (Å²) in [4.78, 5) is 16.5. The summed E-state index contributed by atoms with van der Waals surface area (Å²) >= 11 is 1.14. The van der Waals surface area contributed by atoms with Gasteiger partial charge in [-0.15, -0.1) is 11.3 Å². The molecule has 0 aliphatic rings. The van der Waals surface area contributed by atoms with Gasteiger partial charge in [-0.2, -0.15) is 0 Å². The van der Waals surface area contributed by atoms with E-state index in [1.54, 1.807) is 23.6 Å². The van der Waals surface area contributed by atoms with E-state index in [9.17, 15) is 13.2 Å². The lowest BCUT2D eigenvalue weighted by molar-refractivity contribution is -0.115. The van der Waals surface area contributed by atoms with Gasteiger partial charge in [-0.3, -0.25) is 9.52 Å². The molecule has 27 heavy (non-hydrogen) atoms. The molecule has 3 aromatic rings. The molecule has 1 aromatic heterocycles. The van der Waals surface area contributed by atoms with Gasteiger partial charge in [-0.1, -0.05) is 37.3 Å². The zero-order valence-electron chi connectivity index (χ0n) is 14.7. The molecule has 0 spiro atoms. The number of amides is 1. The lowest BCUT2D eigenvalue weighted by Crippen LogP contribution is -2.15. The lowest BCUT2D eigenvalue weighted by atomic mass is 10.1. The van der Waals surface area contributed by atoms with Gasteiger partial charge in [0.25, 0.3) is 10.0 Å². The van der Waals surface area contributed by atoms with Crippen molar-refractivity contribution in [3.63, 3.8) is 0 Å². The molecule has 0 saturated carbocycles. The Hall–Kier alpha value is -2.71. The molecular formula is C19H19N3O3S2. The normalized spacial score (nSPS) is 11.1. The van der Waals surface area contributed by atoms with E-state index in [2.05, 4.69) is 21.9 Å². The van der Waals surface area contributed by atoms with Crippen molar-refractivity contribution in [3.05, 3.63) is 71.2 Å². The number of aryl methyl sites for hydroxylation is 1. The molecule has 0 bridgehead atoms. The van der Waals surface area contributed by atoms with Crippen LogP contribution in [0.15, 0.2) is 64.9 Å². The molecule has 0 fully saturated rings. The van der Waals surface area contributed by atoms with Gasteiger partial charge in [0.15, 0.2) is 5.13 Å². The molecule has 3 rings (SSSR count). The summed E-state index contributed by atoms with van der Waals surface area (Å²) in [5.74, 6) is -0.206. The Balaban J connectivity index is 1.61. The first kappa shape index (κ1) is 19.1. The average molecular weight is 402 g/mol. The van der Waals surface area contributed by atoms with Crippen LogP contribution in [0.2, 0.25) is 0 Å². The van der Waals surface area contributed by atoms with E-state index in [0.29, 0.717) is 5.69 Å². The number of nitrogens with zero attached hydrogens (tertiary/aromatic N) is 1. The van der Waals surface area contributed by atoms with Crippen molar-refractivity contribution in [2.45, 2.75) is 24.7 Å². The summed E-state index contributed by atoms with van der Waals surface area (Å²) in [5, 5.41) is 4.71. The molecule has 0 radical (unpaired) electrons. The number of hydrogen-bond acceptors (Lipinski definition) is 5. The first-order valence-corrected chi connectivity index (χ1v) is 10.7. The minimum atomic E-state index is -3.69. The number of carbonyl (C=O) groups is 1. The highest BCUT2D eigenvalue weighted by atomic mass is 32.2. The van der Waals surface area contributed by atoms with E-state index in [4.69, 9.17) is 0 Å². The Bertz CT molecular complexity index is 1010. The van der Waals surface area contributed by atoms with Gasteiger partial charge in [-0.05, 0) is 36.2 Å². The number of sulfonamides is 1. The minimum Gasteiger partial charge on any atom is -0.326 e. The molecule has 0 unspecified atom stereocenters. The van der Waals surface area contributed by atoms with Crippen LogP contribution in [0.1, 0.15) is 18.2 Å². The standard InChI is InChI=1S/C19H19N3O3S2/c1-2-14-8-10-15(11-9-14)20-18(23)12-16-13-26-19(21-16)22-27(24,25)17-6-4-3-5-7-17/h3-11,13H,2,12H2,1H3,(H,20,23)(H,21,22). The quantitative estimate of drug-likeness (QED) is 0.632. The summed E-state index contributed by atoms with van der Waals surface area (Å²) in [6.45, 7) is 2.07. The second kappa shape index (κ2) is 8.32. The van der Waals surface area contributed by atoms with Crippen molar-refractivity contribution in [2.75, 3.05) is 10.0 Å². The van der Waals surface area contributed by atoms with E-state index in [0.717, 1.165) is 23.4 Å². The van der Waals surface area contributed by atoms with Gasteiger partial charge in [0.2, 0.25) is 5.91 Å². The van der Waals surface area contributed by atoms with Crippen LogP contribution < -0.4 is 10.0 Å². The van der Waals surface area contributed by atoms with Crippen LogP contribution in [-0.4, -0.2) is 19.3 Å². The summed E-state index contributed by atoms with van der Waals surface area (Å²) in [5.41, 5.74) is 2.42. The molecule has 1 amide bonds. The first-order valence-electron chi connectivity index (χ1n) is 8.37. The molecule has 0 atom stereocenters. The average Bonchev–Trinajstić information content (AvgIpc) is 3.09. The number of benzene rings is 2. The zero-order chi connectivity index (χ0) is 19.3. The smallest absolute Gasteiger partial charge is 0.263 e. The van der Waals surface area contributed by atoms with Crippen LogP contribution in [0.25, 0.3) is 0 Å². The highest BCUT2D eigenvalue weighted by Gasteiger charge is 2.16. The van der Waals surface area contributed by atoms with Gasteiger partial charge < -0.3 is 5.32 Å². The summed E-state index contributed by atoms with van der Waals surface area (Å²) in [6, 6.07) is 15.7. The van der Waals surface area contributed by atoms with Gasteiger partial charge in [0.1, 0.15) is 0 Å². The third-order valence-electron chi connectivity index (χ3n) is 3.81. The maximum atomic E-state index is 12.3. The number of thiazole rings is 1. The third-order valence-corrected chi connectivity index (χ3v) is 6.11. The van der Waals surface area contributed by atoms with Crippen LogP contribution in [0, 0.1) is 0 Å². The summed E-state index contributed by atoms with van der Waals surface area (Å²) < 4.78 is 27.0. The predicted octanol–water partition coefficient (Wildman–Crippen LogP) is 3.69. The van der Waals surface area contributed by atoms with E-state index in [1.165, 1.54) is 17.7 Å². The monoisotopic (exact) mass is 401 g/mol. The number of carbonyl (C=O) groups excluding carboxylic acids is 1. The minimum absolute atomic E-state index is 0.0685. The van der Waals surface area contributed by atoms with Gasteiger partial charge in [0.05, 0.1) is 17.0 Å². The fraction of sp³-hybridized carbons (Fsp3) is 0.158. The molecule has 140 valence electrons. The van der Waals surface area contributed by atoms with E-state index in [1.807, 2.05) is 24.3 Å². The van der Waals surface area contributed by atoms with Crippen LogP contribution in [0.4, 0.5) is 10.8 Å². The second-order valence-corrected chi connectivity index (χ2v) is 8.38. The van der Waals surface area contributed by atoms with E-state index < -0.39 is 10.0 Å². The first-order chi connectivity index (χ1) is 13.0. The molecule has 8 heteroatoms. The van der Waals surface area contributed by atoms with E-state index in [-0.39, 0.29) is 22.4 Å². The molecule has 6 nitrogen and oxygen atoms in total. The fourth-order valence-corrected chi connectivity index (χ4v) is 4.39. The highest BCUT2D eigenvalue weighted by Crippen LogP contribution is 2.20. The van der Waals surface area contributed by atoms with Crippen LogP contribution >= 0.6 is 11.3 Å². The molecular weight excluding hydrogens is 382 g/mol. The molecule has 2 aromatic carbocycles. The van der Waals surface area contributed by atoms with Crippen molar-refractivity contribution in [1.29, 1.82) is 0 Å². The SMILES string of the molecule is CCc1ccc(NC(=O)Cc2csc(NS(=O)(=O)c3ccccc3)n2)cc1. The van der Waals surface area contributed by atoms with Crippen molar-refractivity contribution >= 4 is 38.1 Å². The molecule has 0 saturated heterocycles. The highest BCUT2D eigenvalue weighted by molar-refractivity contribution is 7.93. The predicted molar refractivity (Wildman–Crippen MR) is 108 cm³/mol. The van der Waals surface area contributed by atoms with Crippen molar-refractivity contribution in [3.8, 4) is 0 Å². The van der Waals surface area contributed by atoms with E-state index >= 15 is 0 Å². The lowest BCUT2D eigenvalue weighted by Gasteiger charge is -2.05. The molecule has 0 aliphatic carbocycles. The zero-order valence-corrected chi connectivity index (χ0v) is 16.3. The van der Waals surface area contributed by atoms with Crippen LogP contribution in [0.3, 0.4) is 0 Å². The number of aromatic nitrogens is 1. The summed E-state index contributed by atoms with van der Waals surface area (Å²) in [6.07, 6.45) is 1.01. The Labute approximate surface area is 162 Å². The topological polar surface area (TPSA) is 88.2 Å². The molecule has 2 N–H and O–H groups in total. The molecule has 1 heterocycles. The maximum absolute atomic E-state index is 12.3. The third kappa shape index (κ3) is 5.15. The van der Waals surface area contributed by atoms with Crippen molar-refractivity contribution in [2.24, 2.45) is 0 Å². The molecule has 0 aliphatic heterocycles. The van der Waals surface area contributed by atoms with Crippen LogP contribution in [-0.2, 0) is 27.7 Å². The van der Waals surface area contributed by atoms with Gasteiger partial charge >= 0.3 is 0 Å². The Kier molecular flexibility index (Phi) is 5.88. The van der Waals surface area contributed by atoms with Gasteiger partial charge in [-0.25, -0.2) is 13.4 Å². The van der Waals surface area contributed by atoms with Gasteiger partial charge in [0, 0.05) is 11.1 Å². The second-order valence-electron chi connectivity index (χ2n) is 5.84. The summed E-state index contributed by atoms with van der Waals surface area (Å²) in [7, 11) is -3.69. The van der Waals surface area contributed by atoms with Crippen molar-refractivity contribution < 1.29 is 13.2 Å². The maximum Gasteiger partial charge on any atom is 0.263 e. The Morgan fingerprint density at radius 2 is 1.78 bits per heavy atom. The van der Waals surface area contributed by atoms with Crippen LogP contribution in [0.5, 0.6) is 0 Å². The fourth-order valence-electron chi connectivity index (χ4n) is 2.40.